The minimum absolute atomic E-state index is 0.0501. The van der Waals surface area contributed by atoms with Crippen molar-refractivity contribution < 1.29 is 19.3 Å². The second kappa shape index (κ2) is 8.12. The van der Waals surface area contributed by atoms with Crippen LogP contribution in [0.1, 0.15) is 51.4 Å². The number of furan rings is 1. The molecule has 1 heterocycles. The summed E-state index contributed by atoms with van der Waals surface area (Å²) in [6, 6.07) is 5.83. The Balaban J connectivity index is 1.46. The number of hydrogen-bond acceptors (Lipinski definition) is 3. The van der Waals surface area contributed by atoms with E-state index >= 15 is 0 Å². The lowest BCUT2D eigenvalue weighted by Crippen LogP contribution is -2.94. The van der Waals surface area contributed by atoms with Gasteiger partial charge in [0, 0.05) is 30.3 Å². The van der Waals surface area contributed by atoms with E-state index in [4.69, 9.17) is 9.15 Å². The van der Waals surface area contributed by atoms with E-state index in [-0.39, 0.29) is 18.1 Å². The molecular weight excluding hydrogens is 328 g/mol. The summed E-state index contributed by atoms with van der Waals surface area (Å²) in [6.45, 7) is 8.30. The van der Waals surface area contributed by atoms with Gasteiger partial charge in [0.05, 0.1) is 12.1 Å². The second-order valence-electron chi connectivity index (χ2n) is 8.22. The number of nitrogens with one attached hydrogen (secondary N) is 1. The molecule has 1 aliphatic carbocycles. The molecule has 0 atom stereocenters. The van der Waals surface area contributed by atoms with E-state index in [1.54, 1.807) is 0 Å². The van der Waals surface area contributed by atoms with Crippen LogP contribution in [-0.2, 0) is 17.6 Å². The minimum atomic E-state index is -0.0740. The molecule has 3 N–H and O–H groups in total. The number of aryl methyl sites for hydroxylation is 2. The summed E-state index contributed by atoms with van der Waals surface area (Å²) >= 11 is 0. The molecule has 0 bridgehead atoms. The van der Waals surface area contributed by atoms with Crippen LogP contribution in [0.5, 0.6) is 5.75 Å². The highest BCUT2D eigenvalue weighted by Gasteiger charge is 2.18. The third kappa shape index (κ3) is 5.01. The molecule has 1 aromatic heterocycles. The summed E-state index contributed by atoms with van der Waals surface area (Å²) in [5.41, 5.74) is 2.47. The van der Waals surface area contributed by atoms with E-state index in [0.29, 0.717) is 6.54 Å². The molecule has 0 spiro atoms. The van der Waals surface area contributed by atoms with Crippen molar-refractivity contribution in [3.05, 3.63) is 29.5 Å². The molecule has 0 aliphatic heterocycles. The van der Waals surface area contributed by atoms with E-state index in [2.05, 4.69) is 31.4 Å². The summed E-state index contributed by atoms with van der Waals surface area (Å²) in [5.74, 6) is 1.77. The van der Waals surface area contributed by atoms with Crippen LogP contribution in [0.25, 0.3) is 11.0 Å². The fourth-order valence-corrected chi connectivity index (χ4v) is 3.40. The summed E-state index contributed by atoms with van der Waals surface area (Å²) in [6.07, 6.45) is 5.45. The highest BCUT2D eigenvalue weighted by molar-refractivity contribution is 5.84. The first kappa shape index (κ1) is 18.8. The maximum absolute atomic E-state index is 12.0. The number of nitrogens with two attached hydrogens (primary N) is 1. The Morgan fingerprint density at radius 3 is 2.88 bits per heavy atom. The fourth-order valence-electron chi connectivity index (χ4n) is 3.40. The first-order valence-electron chi connectivity index (χ1n) is 9.70. The van der Waals surface area contributed by atoms with Crippen LogP contribution in [0.2, 0.25) is 0 Å². The SMILES string of the molecule is CC(C)(C)[NH2+]CCCNC(=O)COc1ccc2oc3c(c2c1)CCCC3. The highest BCUT2D eigenvalue weighted by Crippen LogP contribution is 2.33. The maximum atomic E-state index is 12.0. The first-order chi connectivity index (χ1) is 12.4. The zero-order chi connectivity index (χ0) is 18.6. The third-order valence-corrected chi connectivity index (χ3v) is 4.76. The van der Waals surface area contributed by atoms with Crippen LogP contribution in [0.3, 0.4) is 0 Å². The second-order valence-corrected chi connectivity index (χ2v) is 8.22. The molecule has 0 saturated carbocycles. The van der Waals surface area contributed by atoms with Crippen molar-refractivity contribution in [2.45, 2.75) is 58.4 Å². The number of carbonyl (C=O) groups is 1. The molecule has 142 valence electrons. The van der Waals surface area contributed by atoms with Crippen molar-refractivity contribution in [2.75, 3.05) is 19.7 Å². The predicted molar refractivity (Wildman–Crippen MR) is 103 cm³/mol. The molecule has 2 aromatic rings. The Kier molecular flexibility index (Phi) is 5.87. The van der Waals surface area contributed by atoms with Crippen molar-refractivity contribution in [1.29, 1.82) is 0 Å². The molecular formula is C21H31N2O3+. The summed E-state index contributed by atoms with van der Waals surface area (Å²) < 4.78 is 11.6. The Bertz CT molecular complexity index is 758. The number of fused-ring (bicyclic) bond motifs is 3. The van der Waals surface area contributed by atoms with Gasteiger partial charge in [-0.2, -0.15) is 0 Å². The zero-order valence-corrected chi connectivity index (χ0v) is 16.2. The van der Waals surface area contributed by atoms with E-state index in [1.165, 1.54) is 18.4 Å². The van der Waals surface area contributed by atoms with Crippen molar-refractivity contribution in [2.24, 2.45) is 0 Å². The molecule has 5 nitrogen and oxygen atoms in total. The average molecular weight is 359 g/mol. The fraction of sp³-hybridized carbons (Fsp3) is 0.571. The topological polar surface area (TPSA) is 68.1 Å². The summed E-state index contributed by atoms with van der Waals surface area (Å²) in [5, 5.41) is 6.34. The minimum Gasteiger partial charge on any atom is -0.484 e. The monoisotopic (exact) mass is 359 g/mol. The van der Waals surface area contributed by atoms with Crippen LogP contribution in [0.4, 0.5) is 0 Å². The standard InChI is InChI=1S/C21H30N2O3/c1-21(2,3)23-12-6-11-22-20(24)14-25-15-9-10-19-17(13-15)16-7-4-5-8-18(16)26-19/h9-10,13,23H,4-8,11-12,14H2,1-3H3,(H,22,24)/p+1. The number of hydrogen-bond donors (Lipinski definition) is 2. The van der Waals surface area contributed by atoms with E-state index in [0.717, 1.165) is 48.3 Å². The van der Waals surface area contributed by atoms with Gasteiger partial charge in [0.2, 0.25) is 0 Å². The van der Waals surface area contributed by atoms with Gasteiger partial charge in [0.15, 0.2) is 6.61 Å². The summed E-state index contributed by atoms with van der Waals surface area (Å²) in [4.78, 5) is 12.0. The molecule has 1 amide bonds. The normalized spacial score (nSPS) is 14.3. The van der Waals surface area contributed by atoms with Crippen LogP contribution < -0.4 is 15.4 Å². The van der Waals surface area contributed by atoms with Crippen molar-refractivity contribution in [3.63, 3.8) is 0 Å². The van der Waals surface area contributed by atoms with Gasteiger partial charge in [-0.1, -0.05) is 0 Å². The van der Waals surface area contributed by atoms with Gasteiger partial charge < -0.3 is 19.8 Å². The van der Waals surface area contributed by atoms with Crippen molar-refractivity contribution in [1.82, 2.24) is 5.32 Å². The van der Waals surface area contributed by atoms with Gasteiger partial charge in [-0.3, -0.25) is 4.79 Å². The van der Waals surface area contributed by atoms with Crippen LogP contribution in [-0.4, -0.2) is 31.1 Å². The molecule has 0 unspecified atom stereocenters. The van der Waals surface area contributed by atoms with Crippen LogP contribution in [0.15, 0.2) is 22.6 Å². The molecule has 1 aliphatic rings. The van der Waals surface area contributed by atoms with Gasteiger partial charge >= 0.3 is 0 Å². The third-order valence-electron chi connectivity index (χ3n) is 4.76. The lowest BCUT2D eigenvalue weighted by molar-refractivity contribution is -0.717. The van der Waals surface area contributed by atoms with Gasteiger partial charge in [0.25, 0.3) is 5.91 Å². The van der Waals surface area contributed by atoms with Crippen molar-refractivity contribution in [3.8, 4) is 5.75 Å². The number of carbonyl (C=O) groups excluding carboxylic acids is 1. The van der Waals surface area contributed by atoms with Crippen LogP contribution >= 0.6 is 0 Å². The number of quaternary nitrogens is 1. The molecule has 0 saturated heterocycles. The number of ether oxygens (including phenoxy) is 1. The molecule has 5 heteroatoms. The predicted octanol–water partition coefficient (Wildman–Crippen LogP) is 2.56. The number of rotatable bonds is 7. The summed E-state index contributed by atoms with van der Waals surface area (Å²) in [7, 11) is 0. The average Bonchev–Trinajstić information content (AvgIpc) is 2.96. The van der Waals surface area contributed by atoms with Crippen LogP contribution in [0, 0.1) is 0 Å². The maximum Gasteiger partial charge on any atom is 0.257 e. The van der Waals surface area contributed by atoms with Gasteiger partial charge in [0.1, 0.15) is 17.1 Å². The Hall–Kier alpha value is -2.01. The van der Waals surface area contributed by atoms with Gasteiger partial charge in [-0.15, -0.1) is 0 Å². The molecule has 0 fully saturated rings. The Morgan fingerprint density at radius 2 is 2.08 bits per heavy atom. The Morgan fingerprint density at radius 1 is 1.27 bits per heavy atom. The van der Waals surface area contributed by atoms with Crippen molar-refractivity contribution >= 4 is 16.9 Å². The van der Waals surface area contributed by atoms with Gasteiger partial charge in [-0.25, -0.2) is 0 Å². The number of benzene rings is 1. The molecule has 0 radical (unpaired) electrons. The lowest BCUT2D eigenvalue weighted by atomic mass is 9.96. The first-order valence-corrected chi connectivity index (χ1v) is 9.70. The largest absolute Gasteiger partial charge is 0.484 e. The van der Waals surface area contributed by atoms with E-state index < -0.39 is 0 Å². The molecule has 1 aromatic carbocycles. The molecule has 3 rings (SSSR count). The smallest absolute Gasteiger partial charge is 0.257 e. The lowest BCUT2D eigenvalue weighted by Gasteiger charge is -2.16. The van der Waals surface area contributed by atoms with Gasteiger partial charge in [-0.05, 0) is 58.2 Å². The number of amides is 1. The zero-order valence-electron chi connectivity index (χ0n) is 16.2. The Labute approximate surface area is 155 Å². The van der Waals surface area contributed by atoms with E-state index in [1.807, 2.05) is 18.2 Å². The molecule has 26 heavy (non-hydrogen) atoms. The highest BCUT2D eigenvalue weighted by atomic mass is 16.5. The quantitative estimate of drug-likeness (QED) is 0.747. The van der Waals surface area contributed by atoms with E-state index in [9.17, 15) is 4.79 Å².